The number of hydrogen-bond donors (Lipinski definition) is 2. The highest BCUT2D eigenvalue weighted by molar-refractivity contribution is 5.97. The van der Waals surface area contributed by atoms with Gasteiger partial charge in [-0.25, -0.2) is 0 Å². The molecule has 2 amide bonds. The van der Waals surface area contributed by atoms with Crippen molar-refractivity contribution in [2.45, 2.75) is 59.0 Å². The van der Waals surface area contributed by atoms with Gasteiger partial charge in [0.15, 0.2) is 6.61 Å². The molecule has 2 aromatic carbocycles. The Morgan fingerprint density at radius 3 is 2.03 bits per heavy atom. The molecule has 0 aliphatic carbocycles. The van der Waals surface area contributed by atoms with E-state index in [9.17, 15) is 9.59 Å². The summed E-state index contributed by atoms with van der Waals surface area (Å²) in [6.07, 6.45) is 4.23. The lowest BCUT2D eigenvalue weighted by molar-refractivity contribution is -0.119. The fourth-order valence-electron chi connectivity index (χ4n) is 3.74. The first-order chi connectivity index (χ1) is 17.2. The fraction of sp³-hybridized carbons (Fsp3) is 0.444. The highest BCUT2D eigenvalue weighted by atomic mass is 16.5. The van der Waals surface area contributed by atoms with Crippen molar-refractivity contribution in [3.63, 3.8) is 0 Å². The number of amides is 2. The van der Waals surface area contributed by atoms with Crippen molar-refractivity contribution in [2.75, 3.05) is 19.8 Å². The number of ether oxygens (including phenoxy) is 3. The Kier molecular flexibility index (Phi) is 11.6. The third-order valence-electron chi connectivity index (χ3n) is 5.33. The minimum absolute atomic E-state index is 0.00590. The SMILES string of the molecule is CC(C)N(C(=O)c1ccc(OCCCCCOc2ccc(/C=N/N)cc2)cc1OCC(N)=O)C(C)C. The van der Waals surface area contributed by atoms with E-state index in [2.05, 4.69) is 5.10 Å². The predicted octanol–water partition coefficient (Wildman–Crippen LogP) is 3.73. The van der Waals surface area contributed by atoms with E-state index in [0.29, 0.717) is 24.5 Å². The molecule has 196 valence electrons. The molecule has 0 aliphatic rings. The van der Waals surface area contributed by atoms with Crippen molar-refractivity contribution >= 4 is 18.0 Å². The second-order valence-electron chi connectivity index (χ2n) is 8.92. The second kappa shape index (κ2) is 14.6. The molecule has 0 fully saturated rings. The smallest absolute Gasteiger partial charge is 0.258 e. The summed E-state index contributed by atoms with van der Waals surface area (Å²) in [5, 5.41) is 3.49. The van der Waals surface area contributed by atoms with E-state index in [-0.39, 0.29) is 30.3 Å². The number of hydrogen-bond acceptors (Lipinski definition) is 7. The lowest BCUT2D eigenvalue weighted by Gasteiger charge is -2.31. The van der Waals surface area contributed by atoms with Crippen molar-refractivity contribution in [3.8, 4) is 17.2 Å². The van der Waals surface area contributed by atoms with Crippen molar-refractivity contribution in [2.24, 2.45) is 16.7 Å². The molecule has 9 nitrogen and oxygen atoms in total. The quantitative estimate of drug-likeness (QED) is 0.167. The Labute approximate surface area is 213 Å². The van der Waals surface area contributed by atoms with Crippen LogP contribution in [0, 0.1) is 0 Å². The molecule has 2 aromatic rings. The van der Waals surface area contributed by atoms with Gasteiger partial charge in [0, 0.05) is 18.2 Å². The van der Waals surface area contributed by atoms with Gasteiger partial charge in [0.2, 0.25) is 0 Å². The molecule has 0 radical (unpaired) electrons. The van der Waals surface area contributed by atoms with E-state index in [4.69, 9.17) is 25.8 Å². The van der Waals surface area contributed by atoms with Crippen LogP contribution in [0.1, 0.15) is 62.9 Å². The summed E-state index contributed by atoms with van der Waals surface area (Å²) in [7, 11) is 0. The Hall–Kier alpha value is -3.75. The minimum Gasteiger partial charge on any atom is -0.494 e. The van der Waals surface area contributed by atoms with Crippen LogP contribution in [0.15, 0.2) is 47.6 Å². The maximum absolute atomic E-state index is 13.2. The first kappa shape index (κ1) is 28.5. The lowest BCUT2D eigenvalue weighted by atomic mass is 10.1. The molecular weight excluding hydrogens is 460 g/mol. The van der Waals surface area contributed by atoms with Gasteiger partial charge in [-0.2, -0.15) is 5.10 Å². The highest BCUT2D eigenvalue weighted by Gasteiger charge is 2.25. The number of unbranched alkanes of at least 4 members (excludes halogenated alkanes) is 2. The maximum atomic E-state index is 13.2. The van der Waals surface area contributed by atoms with Crippen LogP contribution in [-0.4, -0.2) is 54.8 Å². The van der Waals surface area contributed by atoms with Crippen molar-refractivity contribution in [3.05, 3.63) is 53.6 Å². The first-order valence-electron chi connectivity index (χ1n) is 12.2. The molecule has 9 heteroatoms. The number of carbonyl (C=O) groups excluding carboxylic acids is 2. The summed E-state index contributed by atoms with van der Waals surface area (Å²) < 4.78 is 17.2. The Bertz CT molecular complexity index is 998. The summed E-state index contributed by atoms with van der Waals surface area (Å²) in [6, 6.07) is 12.6. The summed E-state index contributed by atoms with van der Waals surface area (Å²) in [6.45, 7) is 8.61. The topological polar surface area (TPSA) is 129 Å². The van der Waals surface area contributed by atoms with Gasteiger partial charge in [-0.3, -0.25) is 9.59 Å². The lowest BCUT2D eigenvalue weighted by Crippen LogP contribution is -2.42. The third kappa shape index (κ3) is 9.13. The number of primary amides is 1. The van der Waals surface area contributed by atoms with E-state index < -0.39 is 5.91 Å². The minimum atomic E-state index is -0.619. The van der Waals surface area contributed by atoms with Crippen LogP contribution in [0.2, 0.25) is 0 Å². The maximum Gasteiger partial charge on any atom is 0.258 e. The fourth-order valence-corrected chi connectivity index (χ4v) is 3.74. The molecule has 0 unspecified atom stereocenters. The van der Waals surface area contributed by atoms with Gasteiger partial charge in [-0.15, -0.1) is 0 Å². The molecule has 0 aromatic heterocycles. The van der Waals surface area contributed by atoms with Crippen LogP contribution >= 0.6 is 0 Å². The van der Waals surface area contributed by atoms with Crippen molar-refractivity contribution < 1.29 is 23.8 Å². The van der Waals surface area contributed by atoms with Gasteiger partial charge in [0.1, 0.15) is 17.2 Å². The Morgan fingerprint density at radius 1 is 0.889 bits per heavy atom. The average Bonchev–Trinajstić information content (AvgIpc) is 2.83. The molecule has 0 bridgehead atoms. The summed E-state index contributed by atoms with van der Waals surface area (Å²) >= 11 is 0. The van der Waals surface area contributed by atoms with E-state index in [1.807, 2.05) is 52.0 Å². The molecule has 0 saturated heterocycles. The van der Waals surface area contributed by atoms with Gasteiger partial charge in [0.25, 0.3) is 11.8 Å². The van der Waals surface area contributed by atoms with Crippen molar-refractivity contribution in [1.29, 1.82) is 0 Å². The number of carbonyl (C=O) groups is 2. The molecule has 0 spiro atoms. The predicted molar refractivity (Wildman–Crippen MR) is 141 cm³/mol. The highest BCUT2D eigenvalue weighted by Crippen LogP contribution is 2.28. The number of rotatable bonds is 15. The van der Waals surface area contributed by atoms with Gasteiger partial charge in [-0.05, 0) is 88.9 Å². The standard InChI is InChI=1S/C27H38N4O5/c1-19(2)31(20(3)4)27(33)24-13-12-23(16-25(24)36-18-26(28)32)35-15-7-5-6-14-34-22-10-8-21(9-11-22)17-30-29/h8-13,16-17,19-20H,5-7,14-15,18,29H2,1-4H3,(H2,28,32)/b30-17+. The van der Waals surface area contributed by atoms with E-state index in [0.717, 1.165) is 30.6 Å². The molecule has 36 heavy (non-hydrogen) atoms. The van der Waals surface area contributed by atoms with Gasteiger partial charge >= 0.3 is 0 Å². The zero-order valence-corrected chi connectivity index (χ0v) is 21.6. The summed E-state index contributed by atoms with van der Waals surface area (Å²) in [5.74, 6) is 5.99. The Balaban J connectivity index is 1.87. The summed E-state index contributed by atoms with van der Waals surface area (Å²) in [5.41, 5.74) is 6.53. The van der Waals surface area contributed by atoms with Crippen molar-refractivity contribution in [1.82, 2.24) is 4.90 Å². The number of hydrazone groups is 1. The van der Waals surface area contributed by atoms with Gasteiger partial charge < -0.3 is 30.7 Å². The van der Waals surface area contributed by atoms with Crippen LogP contribution in [0.25, 0.3) is 0 Å². The van der Waals surface area contributed by atoms with Gasteiger partial charge in [-0.1, -0.05) is 0 Å². The third-order valence-corrected chi connectivity index (χ3v) is 5.33. The van der Waals surface area contributed by atoms with Crippen LogP contribution in [0.5, 0.6) is 17.2 Å². The van der Waals surface area contributed by atoms with Crippen LogP contribution < -0.4 is 25.8 Å². The Morgan fingerprint density at radius 2 is 1.47 bits per heavy atom. The zero-order chi connectivity index (χ0) is 26.5. The molecule has 0 heterocycles. The van der Waals surface area contributed by atoms with E-state index in [1.165, 1.54) is 0 Å². The molecular formula is C27H38N4O5. The average molecular weight is 499 g/mol. The molecule has 0 aliphatic heterocycles. The molecule has 2 rings (SSSR count). The van der Waals surface area contributed by atoms with Crippen LogP contribution in [0.4, 0.5) is 0 Å². The summed E-state index contributed by atoms with van der Waals surface area (Å²) in [4.78, 5) is 26.2. The number of benzene rings is 2. The van der Waals surface area contributed by atoms with E-state index in [1.54, 1.807) is 29.3 Å². The first-order valence-corrected chi connectivity index (χ1v) is 12.2. The number of nitrogens with zero attached hydrogens (tertiary/aromatic N) is 2. The monoisotopic (exact) mass is 498 g/mol. The van der Waals surface area contributed by atoms with Gasteiger partial charge in [0.05, 0.1) is 25.0 Å². The van der Waals surface area contributed by atoms with Crippen LogP contribution in [-0.2, 0) is 4.79 Å². The van der Waals surface area contributed by atoms with E-state index >= 15 is 0 Å². The molecule has 4 N–H and O–H groups in total. The molecule has 0 atom stereocenters. The normalized spacial score (nSPS) is 11.2. The largest absolute Gasteiger partial charge is 0.494 e. The van der Waals surface area contributed by atoms with Crippen LogP contribution in [0.3, 0.4) is 0 Å². The molecule has 0 saturated carbocycles. The number of nitrogens with two attached hydrogens (primary N) is 2. The zero-order valence-electron chi connectivity index (χ0n) is 21.6. The second-order valence-corrected chi connectivity index (χ2v) is 8.92.